The first kappa shape index (κ1) is 13.4. The third-order valence-electron chi connectivity index (χ3n) is 3.95. The Morgan fingerprint density at radius 1 is 1.28 bits per heavy atom. The zero-order valence-corrected chi connectivity index (χ0v) is 11.6. The van der Waals surface area contributed by atoms with Crippen LogP contribution in [0.2, 0.25) is 0 Å². The highest BCUT2D eigenvalue weighted by Gasteiger charge is 2.22. The number of benzene rings is 1. The molecule has 2 nitrogen and oxygen atoms in total. The first-order valence-corrected chi connectivity index (χ1v) is 7.22. The molecule has 2 heteroatoms. The molecule has 18 heavy (non-hydrogen) atoms. The van der Waals surface area contributed by atoms with Crippen molar-refractivity contribution in [2.24, 2.45) is 5.92 Å². The van der Waals surface area contributed by atoms with Gasteiger partial charge in [-0.2, -0.15) is 0 Å². The van der Waals surface area contributed by atoms with E-state index < -0.39 is 0 Å². The van der Waals surface area contributed by atoms with E-state index in [9.17, 15) is 0 Å². The second-order valence-electron chi connectivity index (χ2n) is 5.32. The van der Waals surface area contributed by atoms with Crippen molar-refractivity contribution < 1.29 is 4.74 Å². The molecule has 0 aliphatic heterocycles. The van der Waals surface area contributed by atoms with Gasteiger partial charge in [0.2, 0.25) is 0 Å². The molecule has 1 aliphatic carbocycles. The van der Waals surface area contributed by atoms with Crippen LogP contribution in [0.15, 0.2) is 24.3 Å². The highest BCUT2D eigenvalue weighted by atomic mass is 16.5. The van der Waals surface area contributed by atoms with Crippen LogP contribution in [0.4, 0.5) is 0 Å². The predicted molar refractivity (Wildman–Crippen MR) is 75.9 cm³/mol. The van der Waals surface area contributed by atoms with Crippen molar-refractivity contribution in [3.05, 3.63) is 29.8 Å². The van der Waals surface area contributed by atoms with Crippen LogP contribution in [0.3, 0.4) is 0 Å². The molecular weight excluding hydrogens is 222 g/mol. The van der Waals surface area contributed by atoms with Crippen LogP contribution in [-0.2, 0) is 6.54 Å². The van der Waals surface area contributed by atoms with Crippen molar-refractivity contribution in [2.75, 3.05) is 7.05 Å². The molecule has 2 rings (SSSR count). The maximum absolute atomic E-state index is 6.23. The number of nitrogens with one attached hydrogen (secondary N) is 1. The van der Waals surface area contributed by atoms with Gasteiger partial charge in [0.05, 0.1) is 6.10 Å². The molecule has 1 saturated carbocycles. The highest BCUT2D eigenvalue weighted by Crippen LogP contribution is 2.30. The van der Waals surface area contributed by atoms with Crippen molar-refractivity contribution >= 4 is 0 Å². The molecule has 1 aromatic carbocycles. The summed E-state index contributed by atoms with van der Waals surface area (Å²) in [6.07, 6.45) is 6.85. The van der Waals surface area contributed by atoms with Gasteiger partial charge >= 0.3 is 0 Å². The fraction of sp³-hybridized carbons (Fsp3) is 0.625. The van der Waals surface area contributed by atoms with E-state index in [1.54, 1.807) is 0 Å². The molecule has 0 aromatic heterocycles. The van der Waals surface area contributed by atoms with Crippen LogP contribution < -0.4 is 10.1 Å². The van der Waals surface area contributed by atoms with E-state index in [-0.39, 0.29) is 0 Å². The molecule has 1 N–H and O–H groups in total. The summed E-state index contributed by atoms with van der Waals surface area (Å²) in [5.41, 5.74) is 1.26. The molecule has 0 saturated heterocycles. The second kappa shape index (κ2) is 6.79. The van der Waals surface area contributed by atoms with E-state index >= 15 is 0 Å². The van der Waals surface area contributed by atoms with Crippen molar-refractivity contribution in [1.82, 2.24) is 5.32 Å². The molecule has 0 bridgehead atoms. The Balaban J connectivity index is 1.99. The molecule has 1 fully saturated rings. The minimum absolute atomic E-state index is 0.418. The van der Waals surface area contributed by atoms with E-state index in [1.165, 1.54) is 37.7 Å². The second-order valence-corrected chi connectivity index (χ2v) is 5.32. The lowest BCUT2D eigenvalue weighted by atomic mass is 9.85. The van der Waals surface area contributed by atoms with E-state index in [0.29, 0.717) is 6.10 Å². The zero-order valence-electron chi connectivity index (χ0n) is 11.6. The van der Waals surface area contributed by atoms with Gasteiger partial charge in [0, 0.05) is 12.1 Å². The molecule has 0 radical (unpaired) electrons. The minimum Gasteiger partial charge on any atom is -0.490 e. The van der Waals surface area contributed by atoms with Crippen LogP contribution in [0.5, 0.6) is 5.75 Å². The average Bonchev–Trinajstić information content (AvgIpc) is 2.41. The first-order valence-electron chi connectivity index (χ1n) is 7.22. The molecule has 2 unspecified atom stereocenters. The van der Waals surface area contributed by atoms with Gasteiger partial charge in [-0.3, -0.25) is 0 Å². The smallest absolute Gasteiger partial charge is 0.124 e. The summed E-state index contributed by atoms with van der Waals surface area (Å²) >= 11 is 0. The Kier molecular flexibility index (Phi) is 5.06. The molecular formula is C16H25NO. The summed E-state index contributed by atoms with van der Waals surface area (Å²) in [4.78, 5) is 0. The van der Waals surface area contributed by atoms with Gasteiger partial charge in [-0.1, -0.05) is 38.0 Å². The number of hydrogen-bond donors (Lipinski definition) is 1. The summed E-state index contributed by atoms with van der Waals surface area (Å²) in [5, 5.41) is 3.20. The Bertz CT molecular complexity index is 364. The molecule has 1 aromatic rings. The van der Waals surface area contributed by atoms with Gasteiger partial charge in [-0.15, -0.1) is 0 Å². The van der Waals surface area contributed by atoms with Crippen LogP contribution in [0, 0.1) is 5.92 Å². The third-order valence-corrected chi connectivity index (χ3v) is 3.95. The Morgan fingerprint density at radius 2 is 2.11 bits per heavy atom. The van der Waals surface area contributed by atoms with Gasteiger partial charge in [0.15, 0.2) is 0 Å². The topological polar surface area (TPSA) is 21.3 Å². The van der Waals surface area contributed by atoms with E-state index in [4.69, 9.17) is 4.74 Å². The largest absolute Gasteiger partial charge is 0.490 e. The lowest BCUT2D eigenvalue weighted by molar-refractivity contribution is 0.121. The molecule has 0 heterocycles. The standard InChI is InChI=1S/C16H25NO/c1-3-13-7-6-9-15(11-13)18-16-10-5-4-8-14(16)12-17-2/h4-5,8,10,13,15,17H,3,6-7,9,11-12H2,1-2H3. The number of para-hydroxylation sites is 1. The number of hydrogen-bond acceptors (Lipinski definition) is 2. The Morgan fingerprint density at radius 3 is 2.89 bits per heavy atom. The van der Waals surface area contributed by atoms with Gasteiger partial charge in [-0.25, -0.2) is 0 Å². The van der Waals surface area contributed by atoms with Crippen LogP contribution in [0.1, 0.15) is 44.6 Å². The normalized spacial score (nSPS) is 23.9. The van der Waals surface area contributed by atoms with Crippen molar-refractivity contribution in [1.29, 1.82) is 0 Å². The average molecular weight is 247 g/mol. The molecule has 1 aliphatic rings. The van der Waals surface area contributed by atoms with Crippen LogP contribution in [0.25, 0.3) is 0 Å². The summed E-state index contributed by atoms with van der Waals surface area (Å²) in [6, 6.07) is 8.39. The Hall–Kier alpha value is -1.02. The van der Waals surface area contributed by atoms with E-state index in [0.717, 1.165) is 18.2 Å². The van der Waals surface area contributed by atoms with Crippen molar-refractivity contribution in [2.45, 2.75) is 51.7 Å². The fourth-order valence-electron chi connectivity index (χ4n) is 2.85. The lowest BCUT2D eigenvalue weighted by Gasteiger charge is -2.29. The molecule has 0 amide bonds. The van der Waals surface area contributed by atoms with Crippen LogP contribution in [-0.4, -0.2) is 13.2 Å². The summed E-state index contributed by atoms with van der Waals surface area (Å²) < 4.78 is 6.23. The van der Waals surface area contributed by atoms with Gasteiger partial charge in [0.25, 0.3) is 0 Å². The van der Waals surface area contributed by atoms with Gasteiger partial charge < -0.3 is 10.1 Å². The molecule has 100 valence electrons. The van der Waals surface area contributed by atoms with E-state index in [1.807, 2.05) is 7.05 Å². The van der Waals surface area contributed by atoms with Crippen molar-refractivity contribution in [3.8, 4) is 5.75 Å². The summed E-state index contributed by atoms with van der Waals surface area (Å²) in [5.74, 6) is 1.92. The maximum Gasteiger partial charge on any atom is 0.124 e. The van der Waals surface area contributed by atoms with Crippen LogP contribution >= 0.6 is 0 Å². The first-order chi connectivity index (χ1) is 8.83. The highest BCUT2D eigenvalue weighted by molar-refractivity contribution is 5.33. The predicted octanol–water partition coefficient (Wildman–Crippen LogP) is 3.75. The SMILES string of the molecule is CCC1CCCC(Oc2ccccc2CNC)C1. The summed E-state index contributed by atoms with van der Waals surface area (Å²) in [6.45, 7) is 3.17. The quantitative estimate of drug-likeness (QED) is 0.855. The monoisotopic (exact) mass is 247 g/mol. The zero-order chi connectivity index (χ0) is 12.8. The number of rotatable bonds is 5. The van der Waals surface area contributed by atoms with Gasteiger partial charge in [0.1, 0.15) is 5.75 Å². The minimum atomic E-state index is 0.418. The fourth-order valence-corrected chi connectivity index (χ4v) is 2.85. The lowest BCUT2D eigenvalue weighted by Crippen LogP contribution is -2.25. The van der Waals surface area contributed by atoms with E-state index in [2.05, 4.69) is 36.5 Å². The molecule has 2 atom stereocenters. The third kappa shape index (κ3) is 3.49. The maximum atomic E-state index is 6.23. The Labute approximate surface area is 111 Å². The molecule has 0 spiro atoms. The van der Waals surface area contributed by atoms with Gasteiger partial charge in [-0.05, 0) is 38.3 Å². The summed E-state index contributed by atoms with van der Waals surface area (Å²) in [7, 11) is 1.98. The van der Waals surface area contributed by atoms with Crippen molar-refractivity contribution in [3.63, 3.8) is 0 Å². The number of ether oxygens (including phenoxy) is 1.